The van der Waals surface area contributed by atoms with E-state index in [0.29, 0.717) is 18.5 Å². The average molecular weight is 264 g/mol. The molecule has 0 saturated carbocycles. The minimum Gasteiger partial charge on any atom is -0.377 e. The molecule has 0 amide bonds. The van der Waals surface area contributed by atoms with Crippen LogP contribution in [0.2, 0.25) is 0 Å². The molecule has 104 valence electrons. The molecule has 3 heterocycles. The highest BCUT2D eigenvalue weighted by molar-refractivity contribution is 5.22. The summed E-state index contributed by atoms with van der Waals surface area (Å²) < 4.78 is 11.6. The van der Waals surface area contributed by atoms with Crippen LogP contribution >= 0.6 is 0 Å². The lowest BCUT2D eigenvalue weighted by Crippen LogP contribution is -2.42. The zero-order valence-electron chi connectivity index (χ0n) is 11.0. The Labute approximate surface area is 112 Å². The SMILES string of the molecule is c1cnc(NC[C@H]2CO[C@]3(CNCCOC3)C2)nc1. The number of hydrogen-bond acceptors (Lipinski definition) is 6. The molecular weight excluding hydrogens is 244 g/mol. The third kappa shape index (κ3) is 3.20. The van der Waals surface area contributed by atoms with Gasteiger partial charge in [0.2, 0.25) is 5.95 Å². The van der Waals surface area contributed by atoms with E-state index >= 15 is 0 Å². The Morgan fingerprint density at radius 3 is 3.21 bits per heavy atom. The van der Waals surface area contributed by atoms with Crippen LogP contribution in [0, 0.1) is 5.92 Å². The fraction of sp³-hybridized carbons (Fsp3) is 0.692. The summed E-state index contributed by atoms with van der Waals surface area (Å²) in [6.45, 7) is 4.86. The number of ether oxygens (including phenoxy) is 2. The molecule has 0 unspecified atom stereocenters. The highest BCUT2D eigenvalue weighted by atomic mass is 16.5. The van der Waals surface area contributed by atoms with Gasteiger partial charge >= 0.3 is 0 Å². The van der Waals surface area contributed by atoms with E-state index in [1.165, 1.54) is 0 Å². The number of aromatic nitrogens is 2. The largest absolute Gasteiger partial charge is 0.377 e. The van der Waals surface area contributed by atoms with Gasteiger partial charge in [0, 0.05) is 37.9 Å². The van der Waals surface area contributed by atoms with Gasteiger partial charge in [-0.05, 0) is 12.5 Å². The molecular formula is C13H20N4O2. The van der Waals surface area contributed by atoms with E-state index in [1.54, 1.807) is 12.4 Å². The second kappa shape index (κ2) is 5.81. The Morgan fingerprint density at radius 2 is 2.32 bits per heavy atom. The molecule has 2 aliphatic heterocycles. The Hall–Kier alpha value is -1.24. The molecule has 19 heavy (non-hydrogen) atoms. The fourth-order valence-electron chi connectivity index (χ4n) is 2.69. The molecule has 2 saturated heterocycles. The predicted molar refractivity (Wildman–Crippen MR) is 71.0 cm³/mol. The number of anilines is 1. The molecule has 0 aliphatic carbocycles. The number of rotatable bonds is 3. The Morgan fingerprint density at radius 1 is 1.42 bits per heavy atom. The van der Waals surface area contributed by atoms with Gasteiger partial charge in [-0.25, -0.2) is 9.97 Å². The van der Waals surface area contributed by atoms with Crippen molar-refractivity contribution in [1.82, 2.24) is 15.3 Å². The van der Waals surface area contributed by atoms with Crippen molar-refractivity contribution in [3.63, 3.8) is 0 Å². The van der Waals surface area contributed by atoms with Gasteiger partial charge in [0.15, 0.2) is 0 Å². The van der Waals surface area contributed by atoms with Crippen LogP contribution in [0.4, 0.5) is 5.95 Å². The van der Waals surface area contributed by atoms with E-state index in [4.69, 9.17) is 9.47 Å². The van der Waals surface area contributed by atoms with Crippen molar-refractivity contribution in [2.75, 3.05) is 44.8 Å². The maximum Gasteiger partial charge on any atom is 0.222 e. The monoisotopic (exact) mass is 264 g/mol. The molecule has 1 aromatic rings. The first-order valence-corrected chi connectivity index (χ1v) is 6.80. The minimum atomic E-state index is -0.139. The maximum atomic E-state index is 5.99. The number of nitrogens with zero attached hydrogens (tertiary/aromatic N) is 2. The second-order valence-electron chi connectivity index (χ2n) is 5.25. The average Bonchev–Trinajstić information content (AvgIpc) is 2.70. The summed E-state index contributed by atoms with van der Waals surface area (Å²) in [5.74, 6) is 1.16. The van der Waals surface area contributed by atoms with E-state index in [-0.39, 0.29) is 5.60 Å². The summed E-state index contributed by atoms with van der Waals surface area (Å²) >= 11 is 0. The molecule has 6 heteroatoms. The van der Waals surface area contributed by atoms with Crippen molar-refractivity contribution in [1.29, 1.82) is 0 Å². The zero-order valence-corrected chi connectivity index (χ0v) is 11.0. The van der Waals surface area contributed by atoms with Crippen molar-refractivity contribution in [2.45, 2.75) is 12.0 Å². The highest BCUT2D eigenvalue weighted by Crippen LogP contribution is 2.30. The van der Waals surface area contributed by atoms with Crippen LogP contribution in [-0.4, -0.2) is 55.0 Å². The van der Waals surface area contributed by atoms with Crippen LogP contribution in [0.25, 0.3) is 0 Å². The van der Waals surface area contributed by atoms with Gasteiger partial charge in [-0.15, -0.1) is 0 Å². The molecule has 3 rings (SSSR count). The second-order valence-corrected chi connectivity index (χ2v) is 5.25. The lowest BCUT2D eigenvalue weighted by atomic mass is 9.95. The lowest BCUT2D eigenvalue weighted by molar-refractivity contribution is -0.0471. The number of nitrogens with one attached hydrogen (secondary N) is 2. The van der Waals surface area contributed by atoms with Crippen LogP contribution in [0.3, 0.4) is 0 Å². The summed E-state index contributed by atoms with van der Waals surface area (Å²) in [6, 6.07) is 1.81. The Bertz CT molecular complexity index is 393. The van der Waals surface area contributed by atoms with Gasteiger partial charge in [0.1, 0.15) is 5.60 Å². The van der Waals surface area contributed by atoms with Gasteiger partial charge in [-0.2, -0.15) is 0 Å². The van der Waals surface area contributed by atoms with Crippen molar-refractivity contribution in [3.8, 4) is 0 Å². The van der Waals surface area contributed by atoms with Gasteiger partial charge in [0.25, 0.3) is 0 Å². The standard InChI is InChI=1S/C13H20N4O2/c1-2-15-12(16-3-1)17-7-11-6-13(19-8-11)9-14-4-5-18-10-13/h1-3,11,14H,4-10H2,(H,15,16,17)/t11-,13-/m0/s1. The normalized spacial score (nSPS) is 31.3. The Kier molecular flexibility index (Phi) is 3.91. The molecule has 1 spiro atoms. The van der Waals surface area contributed by atoms with Crippen LogP contribution in [0.15, 0.2) is 18.5 Å². The molecule has 2 fully saturated rings. The third-order valence-electron chi connectivity index (χ3n) is 3.64. The summed E-state index contributed by atoms with van der Waals surface area (Å²) in [5.41, 5.74) is -0.139. The van der Waals surface area contributed by atoms with Gasteiger partial charge in [-0.3, -0.25) is 0 Å². The zero-order chi connectivity index (χ0) is 13.0. The number of hydrogen-bond donors (Lipinski definition) is 2. The van der Waals surface area contributed by atoms with E-state index in [1.807, 2.05) is 6.07 Å². The summed E-state index contributed by atoms with van der Waals surface area (Å²) in [6.07, 6.45) is 4.50. The fourth-order valence-corrected chi connectivity index (χ4v) is 2.69. The Balaban J connectivity index is 1.51. The molecule has 2 atom stereocenters. The molecule has 6 nitrogen and oxygen atoms in total. The topological polar surface area (TPSA) is 68.3 Å². The van der Waals surface area contributed by atoms with Crippen LogP contribution in [0.1, 0.15) is 6.42 Å². The molecule has 2 N–H and O–H groups in total. The molecule has 2 aliphatic rings. The van der Waals surface area contributed by atoms with Gasteiger partial charge in [-0.1, -0.05) is 0 Å². The molecule has 0 aromatic carbocycles. The first kappa shape index (κ1) is 12.8. The summed E-state index contributed by atoms with van der Waals surface area (Å²) in [5, 5.41) is 6.64. The first-order chi connectivity index (χ1) is 9.36. The van der Waals surface area contributed by atoms with Crippen LogP contribution in [-0.2, 0) is 9.47 Å². The van der Waals surface area contributed by atoms with E-state index in [2.05, 4.69) is 20.6 Å². The van der Waals surface area contributed by atoms with E-state index in [0.717, 1.165) is 39.3 Å². The first-order valence-electron chi connectivity index (χ1n) is 6.80. The van der Waals surface area contributed by atoms with E-state index in [9.17, 15) is 0 Å². The summed E-state index contributed by atoms with van der Waals surface area (Å²) in [7, 11) is 0. The molecule has 1 aromatic heterocycles. The van der Waals surface area contributed by atoms with E-state index < -0.39 is 0 Å². The third-order valence-corrected chi connectivity index (χ3v) is 3.64. The minimum absolute atomic E-state index is 0.139. The maximum absolute atomic E-state index is 5.99. The highest BCUT2D eigenvalue weighted by Gasteiger charge is 2.41. The quantitative estimate of drug-likeness (QED) is 0.817. The summed E-state index contributed by atoms with van der Waals surface area (Å²) in [4.78, 5) is 8.32. The van der Waals surface area contributed by atoms with Crippen LogP contribution in [0.5, 0.6) is 0 Å². The molecule has 0 radical (unpaired) electrons. The van der Waals surface area contributed by atoms with Crippen molar-refractivity contribution >= 4 is 5.95 Å². The van der Waals surface area contributed by atoms with Gasteiger partial charge in [0.05, 0.1) is 19.8 Å². The smallest absolute Gasteiger partial charge is 0.222 e. The predicted octanol–water partition coefficient (Wildman–Crippen LogP) is 0.284. The molecule has 0 bridgehead atoms. The lowest BCUT2D eigenvalue weighted by Gasteiger charge is -2.25. The van der Waals surface area contributed by atoms with Crippen LogP contribution < -0.4 is 10.6 Å². The van der Waals surface area contributed by atoms with Crippen molar-refractivity contribution in [2.24, 2.45) is 5.92 Å². The van der Waals surface area contributed by atoms with Crippen molar-refractivity contribution in [3.05, 3.63) is 18.5 Å². The van der Waals surface area contributed by atoms with Gasteiger partial charge < -0.3 is 20.1 Å². The van der Waals surface area contributed by atoms with Crippen molar-refractivity contribution < 1.29 is 9.47 Å².